The molecule has 1 N–H and O–H groups in total. The first-order chi connectivity index (χ1) is 13.2. The molecule has 4 rings (SSSR count). The molecule has 148 valence electrons. The van der Waals surface area contributed by atoms with Gasteiger partial charge in [0.05, 0.1) is 13.2 Å². The van der Waals surface area contributed by atoms with Gasteiger partial charge in [-0.15, -0.1) is 0 Å². The third-order valence-electron chi connectivity index (χ3n) is 6.04. The first-order valence-corrected chi connectivity index (χ1v) is 10.3. The van der Waals surface area contributed by atoms with Crippen molar-refractivity contribution in [3.05, 3.63) is 35.6 Å². The molecule has 0 aromatic heterocycles. The van der Waals surface area contributed by atoms with Crippen LogP contribution in [0.5, 0.6) is 0 Å². The van der Waals surface area contributed by atoms with Gasteiger partial charge in [-0.2, -0.15) is 0 Å². The lowest BCUT2D eigenvalue weighted by Crippen LogP contribution is -2.51. The Labute approximate surface area is 160 Å². The molecule has 2 aliphatic heterocycles. The quantitative estimate of drug-likeness (QED) is 0.828. The van der Waals surface area contributed by atoms with Crippen molar-refractivity contribution in [2.24, 2.45) is 5.92 Å². The highest BCUT2D eigenvalue weighted by molar-refractivity contribution is 5.83. The van der Waals surface area contributed by atoms with Gasteiger partial charge in [0.2, 0.25) is 5.91 Å². The molecule has 0 radical (unpaired) electrons. The van der Waals surface area contributed by atoms with Gasteiger partial charge in [0.1, 0.15) is 11.9 Å². The summed E-state index contributed by atoms with van der Waals surface area (Å²) >= 11 is 0. The third kappa shape index (κ3) is 4.68. The zero-order valence-electron chi connectivity index (χ0n) is 15.9. The molecule has 3 fully saturated rings. The topological polar surface area (TPSA) is 44.8 Å². The number of benzene rings is 1. The number of carbonyl (C=O) groups is 1. The normalized spacial score (nSPS) is 23.4. The van der Waals surface area contributed by atoms with E-state index in [9.17, 15) is 9.18 Å². The molecule has 1 unspecified atom stereocenters. The average molecular weight is 375 g/mol. The molecule has 1 aromatic rings. The van der Waals surface area contributed by atoms with Crippen molar-refractivity contribution < 1.29 is 13.9 Å². The van der Waals surface area contributed by atoms with Crippen molar-refractivity contribution in [1.29, 1.82) is 0 Å². The number of amides is 1. The Hall–Kier alpha value is -1.50. The van der Waals surface area contributed by atoms with E-state index in [2.05, 4.69) is 10.2 Å². The van der Waals surface area contributed by atoms with E-state index in [1.807, 2.05) is 11.0 Å². The van der Waals surface area contributed by atoms with Crippen LogP contribution in [0, 0.1) is 11.7 Å². The molecule has 1 saturated carbocycles. The molecule has 5 nitrogen and oxygen atoms in total. The number of morpholine rings is 1. The average Bonchev–Trinajstić information content (AvgIpc) is 3.54. The fourth-order valence-corrected chi connectivity index (χ4v) is 4.15. The van der Waals surface area contributed by atoms with Gasteiger partial charge in [-0.1, -0.05) is 18.2 Å². The number of nitrogens with zero attached hydrogens (tertiary/aromatic N) is 2. The molecular weight excluding hydrogens is 345 g/mol. The Bertz CT molecular complexity index is 638. The van der Waals surface area contributed by atoms with Crippen LogP contribution in [-0.4, -0.2) is 67.7 Å². The zero-order valence-corrected chi connectivity index (χ0v) is 15.9. The molecule has 3 aliphatic rings. The number of rotatable bonds is 6. The summed E-state index contributed by atoms with van der Waals surface area (Å²) in [5.41, 5.74) is 0.485. The monoisotopic (exact) mass is 375 g/mol. The van der Waals surface area contributed by atoms with Crippen molar-refractivity contribution in [2.45, 2.75) is 37.8 Å². The molecule has 0 spiro atoms. The molecule has 1 amide bonds. The number of hydrogen-bond acceptors (Lipinski definition) is 4. The fourth-order valence-electron chi connectivity index (χ4n) is 4.15. The second-order valence-electron chi connectivity index (χ2n) is 8.02. The number of carbonyl (C=O) groups excluding carboxylic acids is 1. The smallest absolute Gasteiger partial charge is 0.244 e. The SMILES string of the molecule is O=C(C(c1ccccc1F)N1CCOCC1)N1CCC(NCC2CC2)CC1. The predicted octanol–water partition coefficient (Wildman–Crippen LogP) is 2.19. The van der Waals surface area contributed by atoms with Gasteiger partial charge < -0.3 is 15.0 Å². The molecule has 1 aromatic carbocycles. The first-order valence-electron chi connectivity index (χ1n) is 10.3. The van der Waals surface area contributed by atoms with Gasteiger partial charge in [0.15, 0.2) is 0 Å². The van der Waals surface area contributed by atoms with Gasteiger partial charge in [-0.05, 0) is 44.2 Å². The Balaban J connectivity index is 1.43. The Morgan fingerprint density at radius 1 is 1.11 bits per heavy atom. The Morgan fingerprint density at radius 2 is 1.81 bits per heavy atom. The maximum atomic E-state index is 14.5. The van der Waals surface area contributed by atoms with Crippen LogP contribution >= 0.6 is 0 Å². The number of likely N-dealkylation sites (tertiary alicyclic amines) is 1. The molecule has 2 heterocycles. The lowest BCUT2D eigenvalue weighted by molar-refractivity contribution is -0.140. The summed E-state index contributed by atoms with van der Waals surface area (Å²) in [7, 11) is 0. The van der Waals surface area contributed by atoms with Crippen molar-refractivity contribution in [3.63, 3.8) is 0 Å². The molecule has 1 aliphatic carbocycles. The molecule has 27 heavy (non-hydrogen) atoms. The van der Waals surface area contributed by atoms with E-state index in [4.69, 9.17) is 4.74 Å². The standard InChI is InChI=1S/C21H30FN3O2/c22-19-4-2-1-3-18(19)20(24-11-13-27-14-12-24)21(26)25-9-7-17(8-10-25)23-15-16-5-6-16/h1-4,16-17,20,23H,5-15H2. The minimum absolute atomic E-state index is 0.0302. The molecule has 0 bridgehead atoms. The van der Waals surface area contributed by atoms with Crippen molar-refractivity contribution in [2.75, 3.05) is 45.9 Å². The van der Waals surface area contributed by atoms with Gasteiger partial charge in [-0.25, -0.2) is 4.39 Å². The van der Waals surface area contributed by atoms with E-state index in [1.54, 1.807) is 12.1 Å². The van der Waals surface area contributed by atoms with E-state index in [0.29, 0.717) is 37.9 Å². The lowest BCUT2D eigenvalue weighted by Gasteiger charge is -2.39. The summed E-state index contributed by atoms with van der Waals surface area (Å²) < 4.78 is 20.0. The maximum absolute atomic E-state index is 14.5. The number of piperidine rings is 1. The lowest BCUT2D eigenvalue weighted by atomic mass is 9.99. The first kappa shape index (κ1) is 18.8. The van der Waals surface area contributed by atoms with Gasteiger partial charge in [0, 0.05) is 37.8 Å². The third-order valence-corrected chi connectivity index (χ3v) is 6.04. The summed E-state index contributed by atoms with van der Waals surface area (Å²) in [5.74, 6) is 0.599. The van der Waals surface area contributed by atoms with Crippen LogP contribution < -0.4 is 5.32 Å². The molecule has 1 atom stereocenters. The minimum atomic E-state index is -0.550. The summed E-state index contributed by atoms with van der Waals surface area (Å²) in [6.07, 6.45) is 4.67. The summed E-state index contributed by atoms with van der Waals surface area (Å²) in [4.78, 5) is 17.4. The van der Waals surface area contributed by atoms with Crippen molar-refractivity contribution in [3.8, 4) is 0 Å². The van der Waals surface area contributed by atoms with E-state index < -0.39 is 6.04 Å². The molecule has 2 saturated heterocycles. The number of ether oxygens (including phenoxy) is 1. The highest BCUT2D eigenvalue weighted by Crippen LogP contribution is 2.29. The Kier molecular flexibility index (Phi) is 6.05. The van der Waals surface area contributed by atoms with Crippen LogP contribution in [0.2, 0.25) is 0 Å². The van der Waals surface area contributed by atoms with E-state index in [-0.39, 0.29) is 11.7 Å². The summed E-state index contributed by atoms with van der Waals surface area (Å²) in [6, 6.07) is 6.64. The number of hydrogen-bond donors (Lipinski definition) is 1. The van der Waals surface area contributed by atoms with Crippen LogP contribution in [0.1, 0.15) is 37.3 Å². The van der Waals surface area contributed by atoms with Crippen LogP contribution in [-0.2, 0) is 9.53 Å². The van der Waals surface area contributed by atoms with Crippen LogP contribution in [0.4, 0.5) is 4.39 Å². The van der Waals surface area contributed by atoms with E-state index in [1.165, 1.54) is 18.9 Å². The minimum Gasteiger partial charge on any atom is -0.379 e. The summed E-state index contributed by atoms with van der Waals surface area (Å²) in [6.45, 7) is 5.10. The van der Waals surface area contributed by atoms with Crippen LogP contribution in [0.3, 0.4) is 0 Å². The highest BCUT2D eigenvalue weighted by Gasteiger charge is 2.35. The van der Waals surface area contributed by atoms with Crippen molar-refractivity contribution in [1.82, 2.24) is 15.1 Å². The largest absolute Gasteiger partial charge is 0.379 e. The predicted molar refractivity (Wildman–Crippen MR) is 102 cm³/mol. The van der Waals surface area contributed by atoms with Crippen LogP contribution in [0.25, 0.3) is 0 Å². The summed E-state index contributed by atoms with van der Waals surface area (Å²) in [5, 5.41) is 3.65. The van der Waals surface area contributed by atoms with Gasteiger partial charge in [-0.3, -0.25) is 9.69 Å². The second-order valence-corrected chi connectivity index (χ2v) is 8.02. The molecule has 6 heteroatoms. The zero-order chi connectivity index (χ0) is 18.6. The van der Waals surface area contributed by atoms with E-state index >= 15 is 0 Å². The van der Waals surface area contributed by atoms with Gasteiger partial charge >= 0.3 is 0 Å². The Morgan fingerprint density at radius 3 is 2.48 bits per heavy atom. The van der Waals surface area contributed by atoms with Crippen LogP contribution in [0.15, 0.2) is 24.3 Å². The highest BCUT2D eigenvalue weighted by atomic mass is 19.1. The second kappa shape index (κ2) is 8.67. The maximum Gasteiger partial charge on any atom is 0.244 e. The molecular formula is C21H30FN3O2. The number of halogens is 1. The van der Waals surface area contributed by atoms with Gasteiger partial charge in [0.25, 0.3) is 0 Å². The number of nitrogens with one attached hydrogen (secondary N) is 1. The fraction of sp³-hybridized carbons (Fsp3) is 0.667. The van der Waals surface area contributed by atoms with E-state index in [0.717, 1.165) is 38.4 Å². The van der Waals surface area contributed by atoms with Crippen molar-refractivity contribution >= 4 is 5.91 Å².